The van der Waals surface area contributed by atoms with E-state index in [0.717, 1.165) is 17.7 Å². The largest absolute Gasteiger partial charge is 0.376 e. The lowest BCUT2D eigenvalue weighted by molar-refractivity contribution is -0.128. The molecular formula is C21H26N2O. The van der Waals surface area contributed by atoms with Gasteiger partial charge in [-0.3, -0.25) is 4.79 Å². The number of anilines is 1. The Labute approximate surface area is 145 Å². The van der Waals surface area contributed by atoms with Crippen molar-refractivity contribution in [3.63, 3.8) is 0 Å². The predicted octanol–water partition coefficient (Wildman–Crippen LogP) is 4.11. The van der Waals surface area contributed by atoms with Crippen molar-refractivity contribution >= 4 is 11.6 Å². The Kier molecular flexibility index (Phi) is 6.62. The van der Waals surface area contributed by atoms with Gasteiger partial charge in [-0.15, -0.1) is 0 Å². The maximum Gasteiger partial charge on any atom is 0.242 e. The minimum absolute atomic E-state index is 0.0926. The van der Waals surface area contributed by atoms with Crippen LogP contribution in [-0.4, -0.2) is 30.4 Å². The van der Waals surface area contributed by atoms with Crippen LogP contribution >= 0.6 is 0 Å². The summed E-state index contributed by atoms with van der Waals surface area (Å²) in [6.45, 7) is 9.43. The number of hydrogen-bond acceptors (Lipinski definition) is 2. The maximum atomic E-state index is 12.4. The average molecular weight is 322 g/mol. The van der Waals surface area contributed by atoms with Crippen molar-refractivity contribution in [2.24, 2.45) is 0 Å². The zero-order valence-electron chi connectivity index (χ0n) is 14.6. The van der Waals surface area contributed by atoms with E-state index in [4.69, 9.17) is 0 Å². The first-order valence-corrected chi connectivity index (χ1v) is 8.38. The number of nitrogens with zero attached hydrogens (tertiary/aromatic N) is 1. The Morgan fingerprint density at radius 2 is 1.75 bits per heavy atom. The molecule has 0 saturated carbocycles. The lowest BCUT2D eigenvalue weighted by Crippen LogP contribution is -2.36. The van der Waals surface area contributed by atoms with Crippen LogP contribution < -0.4 is 5.32 Å². The minimum Gasteiger partial charge on any atom is -0.376 e. The highest BCUT2D eigenvalue weighted by Gasteiger charge is 2.12. The fraction of sp³-hybridized carbons (Fsp3) is 0.286. The van der Waals surface area contributed by atoms with E-state index in [2.05, 4.69) is 30.1 Å². The summed E-state index contributed by atoms with van der Waals surface area (Å²) in [6, 6.07) is 18.5. The van der Waals surface area contributed by atoms with Crippen LogP contribution in [0.3, 0.4) is 0 Å². The zero-order valence-corrected chi connectivity index (χ0v) is 14.6. The number of carbonyl (C=O) groups is 1. The Bertz CT molecular complexity index is 679. The fourth-order valence-electron chi connectivity index (χ4n) is 2.65. The molecule has 0 unspecified atom stereocenters. The molecular weight excluding hydrogens is 296 g/mol. The summed E-state index contributed by atoms with van der Waals surface area (Å²) in [4.78, 5) is 14.2. The van der Waals surface area contributed by atoms with E-state index < -0.39 is 0 Å². The molecule has 2 aromatic rings. The molecule has 3 heteroatoms. The van der Waals surface area contributed by atoms with Gasteiger partial charge in [-0.1, -0.05) is 60.7 Å². The molecule has 1 N–H and O–H groups in total. The van der Waals surface area contributed by atoms with Crippen molar-refractivity contribution in [3.8, 4) is 0 Å². The van der Waals surface area contributed by atoms with Crippen LogP contribution in [0.2, 0.25) is 0 Å². The fourth-order valence-corrected chi connectivity index (χ4v) is 2.65. The molecule has 0 bridgehead atoms. The van der Waals surface area contributed by atoms with Gasteiger partial charge in [0, 0.05) is 18.8 Å². The van der Waals surface area contributed by atoms with E-state index in [9.17, 15) is 4.79 Å². The minimum atomic E-state index is 0.0926. The number of para-hydroxylation sites is 1. The lowest BCUT2D eigenvalue weighted by atomic mass is 10.0. The van der Waals surface area contributed by atoms with Crippen LogP contribution in [0, 0.1) is 0 Å². The van der Waals surface area contributed by atoms with Gasteiger partial charge in [-0.25, -0.2) is 0 Å². The molecule has 24 heavy (non-hydrogen) atoms. The van der Waals surface area contributed by atoms with Crippen LogP contribution in [0.4, 0.5) is 5.69 Å². The Hall–Kier alpha value is -2.55. The van der Waals surface area contributed by atoms with Gasteiger partial charge in [-0.2, -0.15) is 0 Å². The van der Waals surface area contributed by atoms with Gasteiger partial charge < -0.3 is 10.2 Å². The van der Waals surface area contributed by atoms with Crippen LogP contribution in [0.15, 0.2) is 66.7 Å². The molecule has 2 aromatic carbocycles. The summed E-state index contributed by atoms with van der Waals surface area (Å²) in [5, 5.41) is 3.30. The topological polar surface area (TPSA) is 32.3 Å². The van der Waals surface area contributed by atoms with E-state index in [-0.39, 0.29) is 5.91 Å². The highest BCUT2D eigenvalue weighted by atomic mass is 16.2. The van der Waals surface area contributed by atoms with Crippen LogP contribution in [0.5, 0.6) is 0 Å². The first kappa shape index (κ1) is 17.8. The van der Waals surface area contributed by atoms with Gasteiger partial charge in [0.05, 0.1) is 6.54 Å². The molecule has 0 saturated heterocycles. The summed E-state index contributed by atoms with van der Waals surface area (Å²) in [6.07, 6.45) is 0.849. The average Bonchev–Trinajstić information content (AvgIpc) is 2.59. The van der Waals surface area contributed by atoms with Crippen molar-refractivity contribution in [2.75, 3.05) is 25.0 Å². The Balaban J connectivity index is 2.02. The smallest absolute Gasteiger partial charge is 0.242 e. The second-order valence-corrected chi connectivity index (χ2v) is 6.04. The van der Waals surface area contributed by atoms with Crippen LogP contribution in [-0.2, 0) is 11.2 Å². The molecule has 1 amide bonds. The Morgan fingerprint density at radius 1 is 1.08 bits per heavy atom. The molecule has 0 aromatic heterocycles. The van der Waals surface area contributed by atoms with Crippen molar-refractivity contribution in [2.45, 2.75) is 20.3 Å². The second-order valence-electron chi connectivity index (χ2n) is 6.04. The molecule has 2 rings (SSSR count). The molecule has 3 nitrogen and oxygen atoms in total. The molecule has 0 atom stereocenters. The number of amides is 1. The lowest BCUT2D eigenvalue weighted by Gasteiger charge is -2.22. The zero-order chi connectivity index (χ0) is 17.4. The molecule has 0 heterocycles. The highest BCUT2D eigenvalue weighted by Crippen LogP contribution is 2.19. The number of carbonyl (C=O) groups excluding carboxylic acids is 1. The SMILES string of the molecule is C=C(C)CN(CC)C(=O)CNc1ccccc1Cc1ccccc1. The molecule has 0 aliphatic carbocycles. The van der Waals surface area contributed by atoms with Gasteiger partial charge in [0.1, 0.15) is 0 Å². The monoisotopic (exact) mass is 322 g/mol. The summed E-state index contributed by atoms with van der Waals surface area (Å²) < 4.78 is 0. The van der Waals surface area contributed by atoms with Crippen LogP contribution in [0.25, 0.3) is 0 Å². The molecule has 0 radical (unpaired) electrons. The predicted molar refractivity (Wildman–Crippen MR) is 101 cm³/mol. The molecule has 0 aliphatic heterocycles. The second kappa shape index (κ2) is 8.92. The summed E-state index contributed by atoms with van der Waals surface area (Å²) in [7, 11) is 0. The molecule has 0 spiro atoms. The standard InChI is InChI=1S/C21H26N2O/c1-4-23(16-17(2)3)21(24)15-22-20-13-9-8-12-19(20)14-18-10-6-5-7-11-18/h5-13,22H,2,4,14-16H2,1,3H3. The maximum absolute atomic E-state index is 12.4. The number of benzene rings is 2. The summed E-state index contributed by atoms with van der Waals surface area (Å²) >= 11 is 0. The van der Waals surface area contributed by atoms with Crippen molar-refractivity contribution in [1.29, 1.82) is 0 Å². The molecule has 126 valence electrons. The van der Waals surface area contributed by atoms with Gasteiger partial charge >= 0.3 is 0 Å². The van der Waals surface area contributed by atoms with E-state index in [1.165, 1.54) is 11.1 Å². The third kappa shape index (κ3) is 5.27. The third-order valence-corrected chi connectivity index (χ3v) is 3.88. The third-order valence-electron chi connectivity index (χ3n) is 3.88. The van der Waals surface area contributed by atoms with Gasteiger partial charge in [0.2, 0.25) is 5.91 Å². The van der Waals surface area contributed by atoms with Crippen LogP contribution in [0.1, 0.15) is 25.0 Å². The highest BCUT2D eigenvalue weighted by molar-refractivity contribution is 5.81. The molecule has 0 aliphatic rings. The van der Waals surface area contributed by atoms with E-state index in [1.54, 1.807) is 0 Å². The number of nitrogens with one attached hydrogen (secondary N) is 1. The summed E-state index contributed by atoms with van der Waals surface area (Å²) in [5.41, 5.74) is 4.46. The van der Waals surface area contributed by atoms with Gasteiger partial charge in [0.15, 0.2) is 0 Å². The Morgan fingerprint density at radius 3 is 2.42 bits per heavy atom. The number of likely N-dealkylation sites (N-methyl/N-ethyl adjacent to an activating group) is 1. The van der Waals surface area contributed by atoms with Gasteiger partial charge in [-0.05, 0) is 37.5 Å². The van der Waals surface area contributed by atoms with Crippen molar-refractivity contribution in [3.05, 3.63) is 77.9 Å². The van der Waals surface area contributed by atoms with Crippen molar-refractivity contribution in [1.82, 2.24) is 4.90 Å². The number of hydrogen-bond donors (Lipinski definition) is 1. The van der Waals surface area contributed by atoms with E-state index in [0.29, 0.717) is 19.6 Å². The first-order valence-electron chi connectivity index (χ1n) is 8.38. The number of rotatable bonds is 8. The van der Waals surface area contributed by atoms with E-state index >= 15 is 0 Å². The normalized spacial score (nSPS) is 10.2. The van der Waals surface area contributed by atoms with Gasteiger partial charge in [0.25, 0.3) is 0 Å². The van der Waals surface area contributed by atoms with E-state index in [1.807, 2.05) is 55.1 Å². The summed E-state index contributed by atoms with van der Waals surface area (Å²) in [5.74, 6) is 0.0926. The van der Waals surface area contributed by atoms with Crippen molar-refractivity contribution < 1.29 is 4.79 Å². The molecule has 0 fully saturated rings. The first-order chi connectivity index (χ1) is 11.6. The quantitative estimate of drug-likeness (QED) is 0.742.